The Labute approximate surface area is 165 Å². The molecule has 1 saturated carbocycles. The van der Waals surface area contributed by atoms with E-state index in [0.29, 0.717) is 24.8 Å². The van der Waals surface area contributed by atoms with E-state index in [1.165, 1.54) is 36.3 Å². The molecule has 4 rings (SSSR count). The Balaban J connectivity index is 1.55. The summed E-state index contributed by atoms with van der Waals surface area (Å²) in [5, 5.41) is 8.04. The summed E-state index contributed by atoms with van der Waals surface area (Å²) in [5.74, 6) is 1.52. The van der Waals surface area contributed by atoms with Gasteiger partial charge in [-0.15, -0.1) is 10.2 Å². The Bertz CT molecular complexity index is 890. The molecule has 1 aromatic heterocycles. The lowest BCUT2D eigenvalue weighted by Crippen LogP contribution is -2.39. The number of rotatable bonds is 2. The number of hydrogen-bond donors (Lipinski definition) is 0. The van der Waals surface area contributed by atoms with Crippen molar-refractivity contribution in [3.63, 3.8) is 0 Å². The Morgan fingerprint density at radius 2 is 1.86 bits per heavy atom. The lowest BCUT2D eigenvalue weighted by Gasteiger charge is -2.30. The zero-order chi connectivity index (χ0) is 19.9. The number of fused-ring (bicyclic) bond motifs is 1. The number of nitrogens with zero attached hydrogens (tertiary/aromatic N) is 4. The molecular weight excluding hydrogens is 393 g/mol. The van der Waals surface area contributed by atoms with Crippen LogP contribution < -0.4 is 0 Å². The third kappa shape index (κ3) is 3.50. The van der Waals surface area contributed by atoms with Crippen LogP contribution in [-0.4, -0.2) is 32.1 Å². The molecule has 0 N–H and O–H groups in total. The van der Waals surface area contributed by atoms with Crippen LogP contribution in [0, 0.1) is 0 Å². The van der Waals surface area contributed by atoms with E-state index < -0.39 is 22.7 Å². The fourth-order valence-corrected chi connectivity index (χ4v) is 4.42. The van der Waals surface area contributed by atoms with Gasteiger partial charge in [0.25, 0.3) is 5.91 Å². The second-order valence-corrected chi connectivity index (χ2v) is 7.73. The van der Waals surface area contributed by atoms with Gasteiger partial charge in [0.05, 0.1) is 22.7 Å². The first-order chi connectivity index (χ1) is 13.4. The van der Waals surface area contributed by atoms with Crippen molar-refractivity contribution in [1.29, 1.82) is 0 Å². The normalized spacial score (nSPS) is 18.2. The zero-order valence-corrected chi connectivity index (χ0v) is 15.9. The van der Waals surface area contributed by atoms with Crippen LogP contribution in [0.4, 0.5) is 13.2 Å². The summed E-state index contributed by atoms with van der Waals surface area (Å²) in [6.45, 7) is 1.14. The molecule has 1 aliphatic heterocycles. The highest BCUT2D eigenvalue weighted by Gasteiger charge is 2.36. The average molecular weight is 413 g/mol. The maximum Gasteiger partial charge on any atom is 0.417 e. The molecule has 0 spiro atoms. The van der Waals surface area contributed by atoms with E-state index in [9.17, 15) is 18.0 Å². The SMILES string of the molecule is O=C(c1cccc(C(F)(F)F)c1Cl)N1CCn2c(nnc2C2CCCCC2)C1. The first-order valence-corrected chi connectivity index (χ1v) is 9.81. The van der Waals surface area contributed by atoms with Crippen molar-refractivity contribution in [3.8, 4) is 0 Å². The highest BCUT2D eigenvalue weighted by Crippen LogP contribution is 2.37. The molecule has 2 aromatic rings. The van der Waals surface area contributed by atoms with E-state index >= 15 is 0 Å². The van der Waals surface area contributed by atoms with Crippen molar-refractivity contribution in [2.75, 3.05) is 6.54 Å². The number of aromatic nitrogens is 3. The van der Waals surface area contributed by atoms with Crippen molar-refractivity contribution in [1.82, 2.24) is 19.7 Å². The molecule has 2 heterocycles. The highest BCUT2D eigenvalue weighted by molar-refractivity contribution is 6.34. The van der Waals surface area contributed by atoms with Gasteiger partial charge in [-0.3, -0.25) is 4.79 Å². The van der Waals surface area contributed by atoms with Crippen molar-refractivity contribution >= 4 is 17.5 Å². The highest BCUT2D eigenvalue weighted by atomic mass is 35.5. The summed E-state index contributed by atoms with van der Waals surface area (Å²) >= 11 is 5.91. The van der Waals surface area contributed by atoms with Gasteiger partial charge in [-0.25, -0.2) is 0 Å². The lowest BCUT2D eigenvalue weighted by atomic mass is 9.88. The lowest BCUT2D eigenvalue weighted by molar-refractivity contribution is -0.137. The fraction of sp³-hybridized carbons (Fsp3) is 0.526. The number of halogens is 4. The van der Waals surface area contributed by atoms with Gasteiger partial charge >= 0.3 is 6.18 Å². The minimum absolute atomic E-state index is 0.142. The molecule has 1 amide bonds. The minimum Gasteiger partial charge on any atom is -0.329 e. The molecule has 2 aliphatic rings. The van der Waals surface area contributed by atoms with E-state index in [-0.39, 0.29) is 12.1 Å². The van der Waals surface area contributed by atoms with Crippen LogP contribution in [-0.2, 0) is 19.3 Å². The fourth-order valence-electron chi connectivity index (χ4n) is 4.10. The Kier molecular flexibility index (Phi) is 5.07. The standard InChI is InChI=1S/C19H20ClF3N4O/c20-16-13(7-4-8-14(16)19(21,22)23)18(28)26-9-10-27-15(11-26)24-25-17(27)12-5-2-1-3-6-12/h4,7-8,12H,1-3,5-6,9-11H2. The molecule has 0 radical (unpaired) electrons. The van der Waals surface area contributed by atoms with Gasteiger partial charge in [-0.1, -0.05) is 36.9 Å². The maximum atomic E-state index is 13.1. The van der Waals surface area contributed by atoms with Crippen molar-refractivity contribution in [2.24, 2.45) is 0 Å². The van der Waals surface area contributed by atoms with Gasteiger partial charge in [0.2, 0.25) is 0 Å². The Morgan fingerprint density at radius 1 is 1.11 bits per heavy atom. The van der Waals surface area contributed by atoms with Crippen molar-refractivity contribution in [2.45, 2.75) is 57.3 Å². The van der Waals surface area contributed by atoms with Crippen LogP contribution in [0.15, 0.2) is 18.2 Å². The molecule has 0 atom stereocenters. The summed E-state index contributed by atoms with van der Waals surface area (Å²) in [6, 6.07) is 3.41. The molecule has 0 bridgehead atoms. The van der Waals surface area contributed by atoms with Crippen LogP contribution >= 0.6 is 11.6 Å². The molecule has 0 saturated heterocycles. The van der Waals surface area contributed by atoms with Crippen LogP contribution in [0.3, 0.4) is 0 Å². The Hall–Kier alpha value is -2.09. The summed E-state index contributed by atoms with van der Waals surface area (Å²) in [7, 11) is 0. The molecule has 150 valence electrons. The number of carbonyl (C=O) groups excluding carboxylic acids is 1. The molecule has 1 fully saturated rings. The monoisotopic (exact) mass is 412 g/mol. The van der Waals surface area contributed by atoms with Crippen LogP contribution in [0.5, 0.6) is 0 Å². The van der Waals surface area contributed by atoms with E-state index in [2.05, 4.69) is 14.8 Å². The quantitative estimate of drug-likeness (QED) is 0.721. The Morgan fingerprint density at radius 3 is 2.57 bits per heavy atom. The smallest absolute Gasteiger partial charge is 0.329 e. The van der Waals surface area contributed by atoms with Crippen LogP contribution in [0.1, 0.15) is 65.6 Å². The molecule has 1 aromatic carbocycles. The van der Waals surface area contributed by atoms with E-state index in [0.717, 1.165) is 24.7 Å². The molecule has 1 aliphatic carbocycles. The van der Waals surface area contributed by atoms with E-state index in [4.69, 9.17) is 11.6 Å². The maximum absolute atomic E-state index is 13.1. The molecule has 0 unspecified atom stereocenters. The third-order valence-corrected chi connectivity index (χ3v) is 5.98. The van der Waals surface area contributed by atoms with Gasteiger partial charge < -0.3 is 9.47 Å². The summed E-state index contributed by atoms with van der Waals surface area (Å²) in [4.78, 5) is 14.3. The molecule has 28 heavy (non-hydrogen) atoms. The number of hydrogen-bond acceptors (Lipinski definition) is 3. The molecule has 5 nitrogen and oxygen atoms in total. The first-order valence-electron chi connectivity index (χ1n) is 9.43. The minimum atomic E-state index is -4.61. The van der Waals surface area contributed by atoms with Crippen LogP contribution in [0.2, 0.25) is 5.02 Å². The van der Waals surface area contributed by atoms with E-state index in [1.807, 2.05) is 0 Å². The molecule has 9 heteroatoms. The van der Waals surface area contributed by atoms with Gasteiger partial charge in [-0.2, -0.15) is 13.2 Å². The number of amides is 1. The number of alkyl halides is 3. The van der Waals surface area contributed by atoms with Crippen molar-refractivity contribution < 1.29 is 18.0 Å². The van der Waals surface area contributed by atoms with Crippen molar-refractivity contribution in [3.05, 3.63) is 46.0 Å². The van der Waals surface area contributed by atoms with Gasteiger partial charge in [0.1, 0.15) is 5.82 Å². The summed E-state index contributed by atoms with van der Waals surface area (Å²) < 4.78 is 41.3. The molecular formula is C19H20ClF3N4O. The predicted molar refractivity (Wildman–Crippen MR) is 97.0 cm³/mol. The number of benzene rings is 1. The summed E-state index contributed by atoms with van der Waals surface area (Å²) in [5.41, 5.74) is -1.14. The predicted octanol–water partition coefficient (Wildman–Crippen LogP) is 4.65. The van der Waals surface area contributed by atoms with Crippen LogP contribution in [0.25, 0.3) is 0 Å². The first kappa shape index (κ1) is 19.2. The average Bonchev–Trinajstić information content (AvgIpc) is 3.10. The third-order valence-electron chi connectivity index (χ3n) is 5.57. The van der Waals surface area contributed by atoms with E-state index in [1.54, 1.807) is 0 Å². The largest absolute Gasteiger partial charge is 0.417 e. The van der Waals surface area contributed by atoms with Gasteiger partial charge in [0, 0.05) is 19.0 Å². The van der Waals surface area contributed by atoms with Gasteiger partial charge in [-0.05, 0) is 25.0 Å². The second-order valence-electron chi connectivity index (χ2n) is 7.35. The summed E-state index contributed by atoms with van der Waals surface area (Å²) in [6.07, 6.45) is 1.21. The van der Waals surface area contributed by atoms with Gasteiger partial charge in [0.15, 0.2) is 5.82 Å². The second kappa shape index (κ2) is 7.39. The topological polar surface area (TPSA) is 51.0 Å². The zero-order valence-electron chi connectivity index (χ0n) is 15.2. The number of carbonyl (C=O) groups is 1.